The summed E-state index contributed by atoms with van der Waals surface area (Å²) in [7, 11) is 0. The van der Waals surface area contributed by atoms with E-state index in [1.165, 1.54) is 148 Å². The van der Waals surface area contributed by atoms with E-state index >= 15 is 0 Å². The second-order valence-corrected chi connectivity index (χ2v) is 19.2. The molecule has 0 bridgehead atoms. The zero-order chi connectivity index (χ0) is 49.3. The molecule has 6 heteroatoms. The molecule has 0 saturated heterocycles. The summed E-state index contributed by atoms with van der Waals surface area (Å²) in [6.45, 7) is 6.47. The monoisotopic (exact) mass is 949 g/mol. The van der Waals surface area contributed by atoms with Crippen molar-refractivity contribution in [3.8, 4) is 0 Å². The number of rotatable bonds is 52. The molecule has 0 aromatic rings. The molecule has 0 rings (SSSR count). The van der Waals surface area contributed by atoms with Gasteiger partial charge in [-0.25, -0.2) is 0 Å². The summed E-state index contributed by atoms with van der Waals surface area (Å²) >= 11 is 0. The van der Waals surface area contributed by atoms with Gasteiger partial charge in [-0.05, 0) is 89.9 Å². The zero-order valence-electron chi connectivity index (χ0n) is 44.9. The predicted molar refractivity (Wildman–Crippen MR) is 293 cm³/mol. The molecule has 0 aromatic carbocycles. The van der Waals surface area contributed by atoms with Crippen LogP contribution in [0.4, 0.5) is 0 Å². The highest BCUT2D eigenvalue weighted by molar-refractivity contribution is 5.71. The van der Waals surface area contributed by atoms with Crippen LogP contribution in [0.3, 0.4) is 0 Å². The molecule has 6 nitrogen and oxygen atoms in total. The van der Waals surface area contributed by atoms with E-state index in [9.17, 15) is 14.4 Å². The molecule has 68 heavy (non-hydrogen) atoms. The van der Waals surface area contributed by atoms with Crippen LogP contribution in [0, 0.1) is 0 Å². The third kappa shape index (κ3) is 53.8. The number of allylic oxidation sites excluding steroid dienone is 12. The second kappa shape index (κ2) is 56.4. The fourth-order valence-electron chi connectivity index (χ4n) is 8.11. The van der Waals surface area contributed by atoms with Gasteiger partial charge in [0.05, 0.1) is 0 Å². The van der Waals surface area contributed by atoms with E-state index in [4.69, 9.17) is 14.2 Å². The minimum Gasteiger partial charge on any atom is -0.462 e. The standard InChI is InChI=1S/C62H108O6/c1-4-7-10-13-16-18-20-22-24-25-26-27-28-29-30-31-32-33-34-35-36-37-39-40-42-44-46-49-52-55-61(64)67-58-59(57-66-60(63)54-51-48-15-12-9-6-3)68-62(65)56-53-50-47-45-43-41-38-23-21-19-17-14-11-8-5-2/h7,10,16,18,22-24,26-27,29-30,38,59H,4-6,8-9,11-15,17,19-21,25,28,31-37,39-58H2,1-3H3/b10-7-,18-16-,24-22-,27-26-,30-29-,38-23-. The van der Waals surface area contributed by atoms with Crippen molar-refractivity contribution in [3.63, 3.8) is 0 Å². The van der Waals surface area contributed by atoms with Crippen molar-refractivity contribution in [3.05, 3.63) is 72.9 Å². The smallest absolute Gasteiger partial charge is 0.306 e. The van der Waals surface area contributed by atoms with Crippen molar-refractivity contribution in [1.29, 1.82) is 0 Å². The van der Waals surface area contributed by atoms with E-state index in [0.717, 1.165) is 96.3 Å². The highest BCUT2D eigenvalue weighted by Gasteiger charge is 2.19. The first-order chi connectivity index (χ1) is 33.5. The van der Waals surface area contributed by atoms with Gasteiger partial charge in [-0.3, -0.25) is 14.4 Å². The Hall–Kier alpha value is -3.15. The minimum absolute atomic E-state index is 0.0769. The van der Waals surface area contributed by atoms with Gasteiger partial charge in [-0.15, -0.1) is 0 Å². The maximum Gasteiger partial charge on any atom is 0.306 e. The van der Waals surface area contributed by atoms with E-state index in [2.05, 4.69) is 93.7 Å². The Balaban J connectivity index is 4.06. The summed E-state index contributed by atoms with van der Waals surface area (Å²) < 4.78 is 16.7. The van der Waals surface area contributed by atoms with Gasteiger partial charge >= 0.3 is 17.9 Å². The van der Waals surface area contributed by atoms with Gasteiger partial charge in [0.15, 0.2) is 6.10 Å². The lowest BCUT2D eigenvalue weighted by molar-refractivity contribution is -0.167. The van der Waals surface area contributed by atoms with E-state index in [0.29, 0.717) is 19.3 Å². The molecule has 0 heterocycles. The van der Waals surface area contributed by atoms with Crippen LogP contribution in [0.15, 0.2) is 72.9 Å². The number of esters is 3. The summed E-state index contributed by atoms with van der Waals surface area (Å²) in [6.07, 6.45) is 72.2. The average Bonchev–Trinajstić information content (AvgIpc) is 3.34. The molecule has 0 N–H and O–H groups in total. The Morgan fingerprint density at radius 3 is 0.912 bits per heavy atom. The van der Waals surface area contributed by atoms with Crippen molar-refractivity contribution in [2.75, 3.05) is 13.2 Å². The third-order valence-electron chi connectivity index (χ3n) is 12.4. The Bertz CT molecular complexity index is 1270. The number of carbonyl (C=O) groups excluding carboxylic acids is 3. The molecule has 0 spiro atoms. The van der Waals surface area contributed by atoms with Gasteiger partial charge in [0.25, 0.3) is 0 Å². The Kier molecular flexibility index (Phi) is 53.8. The maximum absolute atomic E-state index is 12.8. The predicted octanol–water partition coefficient (Wildman–Crippen LogP) is 19.4. The molecule has 0 radical (unpaired) electrons. The van der Waals surface area contributed by atoms with Crippen LogP contribution in [-0.2, 0) is 28.6 Å². The van der Waals surface area contributed by atoms with Crippen molar-refractivity contribution >= 4 is 17.9 Å². The number of hydrogen-bond acceptors (Lipinski definition) is 6. The molecule has 0 saturated carbocycles. The topological polar surface area (TPSA) is 78.9 Å². The first kappa shape index (κ1) is 64.8. The highest BCUT2D eigenvalue weighted by Crippen LogP contribution is 2.16. The van der Waals surface area contributed by atoms with Crippen molar-refractivity contribution in [2.45, 2.75) is 290 Å². The van der Waals surface area contributed by atoms with E-state index in [-0.39, 0.29) is 31.1 Å². The fraction of sp³-hybridized carbons (Fsp3) is 0.758. The normalized spacial score (nSPS) is 12.6. The Labute approximate surface area is 421 Å². The fourth-order valence-corrected chi connectivity index (χ4v) is 8.11. The van der Waals surface area contributed by atoms with Crippen LogP contribution in [-0.4, -0.2) is 37.2 Å². The van der Waals surface area contributed by atoms with Gasteiger partial charge in [-0.2, -0.15) is 0 Å². The van der Waals surface area contributed by atoms with E-state index in [1.807, 2.05) is 0 Å². The summed E-state index contributed by atoms with van der Waals surface area (Å²) in [5.41, 5.74) is 0. The third-order valence-corrected chi connectivity index (χ3v) is 12.4. The molecule has 1 atom stereocenters. The number of ether oxygens (including phenoxy) is 3. The molecule has 0 aliphatic carbocycles. The number of hydrogen-bond donors (Lipinski definition) is 0. The van der Waals surface area contributed by atoms with Gasteiger partial charge < -0.3 is 14.2 Å². The molecular weight excluding hydrogens is 841 g/mol. The molecule has 392 valence electrons. The molecular formula is C62H108O6. The molecule has 0 aromatic heterocycles. The Morgan fingerprint density at radius 2 is 0.574 bits per heavy atom. The van der Waals surface area contributed by atoms with Crippen molar-refractivity contribution in [2.24, 2.45) is 0 Å². The molecule has 1 unspecified atom stereocenters. The first-order valence-electron chi connectivity index (χ1n) is 28.9. The summed E-state index contributed by atoms with van der Waals surface area (Å²) in [5.74, 6) is -0.889. The summed E-state index contributed by atoms with van der Waals surface area (Å²) in [6, 6.07) is 0. The molecule has 0 aliphatic rings. The molecule has 0 amide bonds. The van der Waals surface area contributed by atoms with Gasteiger partial charge in [0, 0.05) is 19.3 Å². The minimum atomic E-state index is -0.775. The van der Waals surface area contributed by atoms with Crippen LogP contribution >= 0.6 is 0 Å². The average molecular weight is 950 g/mol. The highest BCUT2D eigenvalue weighted by atomic mass is 16.6. The molecule has 0 aliphatic heterocycles. The lowest BCUT2D eigenvalue weighted by Crippen LogP contribution is -2.30. The van der Waals surface area contributed by atoms with E-state index in [1.54, 1.807) is 0 Å². The van der Waals surface area contributed by atoms with Crippen molar-refractivity contribution in [1.82, 2.24) is 0 Å². The summed E-state index contributed by atoms with van der Waals surface area (Å²) in [4.78, 5) is 37.8. The maximum atomic E-state index is 12.8. The van der Waals surface area contributed by atoms with Crippen LogP contribution in [0.5, 0.6) is 0 Å². The van der Waals surface area contributed by atoms with Gasteiger partial charge in [0.2, 0.25) is 0 Å². The lowest BCUT2D eigenvalue weighted by Gasteiger charge is -2.18. The van der Waals surface area contributed by atoms with Crippen molar-refractivity contribution < 1.29 is 28.6 Å². The summed E-state index contributed by atoms with van der Waals surface area (Å²) in [5, 5.41) is 0. The first-order valence-corrected chi connectivity index (χ1v) is 28.9. The molecule has 0 fully saturated rings. The SMILES string of the molecule is CC/C=C\C/C=C\C/C=C\C/C=C\C/C=C\CCCCCCCCCCCCCCCC(=O)OCC(COC(=O)CCCCCCCC)OC(=O)CCCCCCC/C=C\CCCCCCCC. The lowest BCUT2D eigenvalue weighted by atomic mass is 10.0. The van der Waals surface area contributed by atoms with Crippen LogP contribution < -0.4 is 0 Å². The van der Waals surface area contributed by atoms with Crippen LogP contribution in [0.1, 0.15) is 284 Å². The van der Waals surface area contributed by atoms with E-state index < -0.39 is 6.10 Å². The van der Waals surface area contributed by atoms with Crippen LogP contribution in [0.2, 0.25) is 0 Å². The van der Waals surface area contributed by atoms with Gasteiger partial charge in [0.1, 0.15) is 13.2 Å². The van der Waals surface area contributed by atoms with Crippen LogP contribution in [0.25, 0.3) is 0 Å². The Morgan fingerprint density at radius 1 is 0.309 bits per heavy atom. The quantitative estimate of drug-likeness (QED) is 0.0262. The largest absolute Gasteiger partial charge is 0.462 e. The zero-order valence-corrected chi connectivity index (χ0v) is 44.9. The van der Waals surface area contributed by atoms with Gasteiger partial charge in [-0.1, -0.05) is 248 Å². The number of unbranched alkanes of at least 4 members (excludes halogenated alkanes) is 29. The number of carbonyl (C=O) groups is 3. The second-order valence-electron chi connectivity index (χ2n) is 19.2.